The van der Waals surface area contributed by atoms with Crippen molar-refractivity contribution in [2.75, 3.05) is 31.7 Å². The van der Waals surface area contributed by atoms with Crippen molar-refractivity contribution in [2.45, 2.75) is 6.92 Å². The molecule has 0 N–H and O–H groups in total. The Morgan fingerprint density at radius 2 is 2.29 bits per heavy atom. The summed E-state index contributed by atoms with van der Waals surface area (Å²) in [6.45, 7) is 4.51. The number of anilines is 1. The summed E-state index contributed by atoms with van der Waals surface area (Å²) in [5.41, 5.74) is 0. The maximum absolute atomic E-state index is 5.81. The van der Waals surface area contributed by atoms with Gasteiger partial charge in [0.1, 0.15) is 11.0 Å². The molecule has 0 unspecified atom stereocenters. The highest BCUT2D eigenvalue weighted by molar-refractivity contribution is 6.29. The number of aromatic nitrogens is 1. The maximum atomic E-state index is 5.81. The minimum absolute atomic E-state index is 0.526. The Kier molecular flexibility index (Phi) is 4.70. The van der Waals surface area contributed by atoms with Crippen molar-refractivity contribution in [3.63, 3.8) is 0 Å². The van der Waals surface area contributed by atoms with Gasteiger partial charge in [0.15, 0.2) is 0 Å². The van der Waals surface area contributed by atoms with Gasteiger partial charge in [0.25, 0.3) is 0 Å². The lowest BCUT2D eigenvalue weighted by molar-refractivity contribution is 0.205. The van der Waals surface area contributed by atoms with E-state index >= 15 is 0 Å². The van der Waals surface area contributed by atoms with Crippen LogP contribution in [0, 0.1) is 0 Å². The number of hydrogen-bond donors (Lipinski definition) is 0. The van der Waals surface area contributed by atoms with Gasteiger partial charge in [-0.3, -0.25) is 0 Å². The Morgan fingerprint density at radius 3 is 2.86 bits per heavy atom. The summed E-state index contributed by atoms with van der Waals surface area (Å²) in [6, 6.07) is 5.63. The molecule has 0 amide bonds. The predicted molar refractivity (Wildman–Crippen MR) is 59.0 cm³/mol. The molecule has 0 aliphatic carbocycles. The number of rotatable bonds is 5. The van der Waals surface area contributed by atoms with E-state index < -0.39 is 0 Å². The van der Waals surface area contributed by atoms with Crippen LogP contribution in [0.4, 0.5) is 5.82 Å². The minimum Gasteiger partial charge on any atom is -0.383 e. The Morgan fingerprint density at radius 1 is 1.50 bits per heavy atom. The molecule has 0 saturated carbocycles. The first-order chi connectivity index (χ1) is 6.77. The van der Waals surface area contributed by atoms with E-state index in [1.807, 2.05) is 12.1 Å². The Labute approximate surface area is 89.7 Å². The molecule has 1 heterocycles. The first-order valence-corrected chi connectivity index (χ1v) is 5.02. The van der Waals surface area contributed by atoms with E-state index in [0.717, 1.165) is 18.9 Å². The molecule has 0 aromatic carbocycles. The van der Waals surface area contributed by atoms with Crippen molar-refractivity contribution in [1.29, 1.82) is 0 Å². The second-order valence-electron chi connectivity index (χ2n) is 2.89. The number of halogens is 1. The molecule has 0 aliphatic rings. The van der Waals surface area contributed by atoms with Gasteiger partial charge in [-0.15, -0.1) is 0 Å². The summed E-state index contributed by atoms with van der Waals surface area (Å²) >= 11 is 5.81. The highest BCUT2D eigenvalue weighted by Gasteiger charge is 2.04. The summed E-state index contributed by atoms with van der Waals surface area (Å²) in [7, 11) is 1.69. The third-order valence-electron chi connectivity index (χ3n) is 1.97. The second-order valence-corrected chi connectivity index (χ2v) is 3.28. The molecule has 0 radical (unpaired) electrons. The van der Waals surface area contributed by atoms with Gasteiger partial charge in [-0.05, 0) is 19.1 Å². The average molecular weight is 215 g/mol. The highest BCUT2D eigenvalue weighted by atomic mass is 35.5. The Hall–Kier alpha value is -0.800. The van der Waals surface area contributed by atoms with Gasteiger partial charge in [-0.2, -0.15) is 0 Å². The SMILES string of the molecule is CCN(CCOC)c1cccc(Cl)n1. The smallest absolute Gasteiger partial charge is 0.131 e. The van der Waals surface area contributed by atoms with Crippen LogP contribution in [-0.4, -0.2) is 31.8 Å². The van der Waals surface area contributed by atoms with E-state index in [9.17, 15) is 0 Å². The van der Waals surface area contributed by atoms with Gasteiger partial charge in [-0.1, -0.05) is 17.7 Å². The molecule has 0 saturated heterocycles. The van der Waals surface area contributed by atoms with Crippen molar-refractivity contribution in [3.8, 4) is 0 Å². The van der Waals surface area contributed by atoms with Crippen LogP contribution < -0.4 is 4.90 Å². The molecule has 0 spiro atoms. The highest BCUT2D eigenvalue weighted by Crippen LogP contribution is 2.13. The lowest BCUT2D eigenvalue weighted by Crippen LogP contribution is -2.27. The number of pyridine rings is 1. The molecule has 1 aromatic heterocycles. The zero-order valence-electron chi connectivity index (χ0n) is 8.53. The Balaban J connectivity index is 2.68. The standard InChI is InChI=1S/C10H15ClN2O/c1-3-13(7-8-14-2)10-6-4-5-9(11)12-10/h4-6H,3,7-8H2,1-2H3. The van der Waals surface area contributed by atoms with Crippen LogP contribution in [-0.2, 0) is 4.74 Å². The zero-order valence-corrected chi connectivity index (χ0v) is 9.29. The van der Waals surface area contributed by atoms with E-state index in [0.29, 0.717) is 11.8 Å². The average Bonchev–Trinajstić information content (AvgIpc) is 2.19. The number of ether oxygens (including phenoxy) is 1. The van der Waals surface area contributed by atoms with Crippen LogP contribution in [0.15, 0.2) is 18.2 Å². The summed E-state index contributed by atoms with van der Waals surface area (Å²) < 4.78 is 5.02. The lowest BCUT2D eigenvalue weighted by atomic mass is 10.4. The molecule has 1 aromatic rings. The van der Waals surface area contributed by atoms with Crippen molar-refractivity contribution >= 4 is 17.4 Å². The molecular weight excluding hydrogens is 200 g/mol. The fourth-order valence-corrected chi connectivity index (χ4v) is 1.37. The molecule has 0 fully saturated rings. The molecule has 3 nitrogen and oxygen atoms in total. The normalized spacial score (nSPS) is 10.2. The number of likely N-dealkylation sites (N-methyl/N-ethyl adjacent to an activating group) is 1. The van der Waals surface area contributed by atoms with E-state index in [1.54, 1.807) is 13.2 Å². The van der Waals surface area contributed by atoms with E-state index in [-0.39, 0.29) is 0 Å². The van der Waals surface area contributed by atoms with Crippen LogP contribution in [0.25, 0.3) is 0 Å². The van der Waals surface area contributed by atoms with Crippen LogP contribution in [0.1, 0.15) is 6.92 Å². The third-order valence-corrected chi connectivity index (χ3v) is 2.18. The van der Waals surface area contributed by atoms with Gasteiger partial charge < -0.3 is 9.64 Å². The van der Waals surface area contributed by atoms with E-state index in [4.69, 9.17) is 16.3 Å². The summed E-state index contributed by atoms with van der Waals surface area (Å²) in [4.78, 5) is 6.35. The lowest BCUT2D eigenvalue weighted by Gasteiger charge is -2.21. The predicted octanol–water partition coefficient (Wildman–Crippen LogP) is 2.21. The molecule has 14 heavy (non-hydrogen) atoms. The largest absolute Gasteiger partial charge is 0.383 e. The maximum Gasteiger partial charge on any atom is 0.131 e. The summed E-state index contributed by atoms with van der Waals surface area (Å²) in [5, 5.41) is 0.526. The fourth-order valence-electron chi connectivity index (χ4n) is 1.21. The number of methoxy groups -OCH3 is 1. The van der Waals surface area contributed by atoms with E-state index in [1.165, 1.54) is 0 Å². The zero-order chi connectivity index (χ0) is 10.4. The molecule has 4 heteroatoms. The summed E-state index contributed by atoms with van der Waals surface area (Å²) in [5.74, 6) is 0.900. The van der Waals surface area contributed by atoms with Crippen molar-refractivity contribution in [2.24, 2.45) is 0 Å². The van der Waals surface area contributed by atoms with Crippen LogP contribution in [0.3, 0.4) is 0 Å². The van der Waals surface area contributed by atoms with Gasteiger partial charge >= 0.3 is 0 Å². The van der Waals surface area contributed by atoms with Crippen molar-refractivity contribution in [3.05, 3.63) is 23.4 Å². The van der Waals surface area contributed by atoms with Crippen LogP contribution in [0.2, 0.25) is 5.15 Å². The van der Waals surface area contributed by atoms with E-state index in [2.05, 4.69) is 16.8 Å². The third kappa shape index (κ3) is 3.16. The molecule has 78 valence electrons. The molecule has 0 aliphatic heterocycles. The van der Waals surface area contributed by atoms with Crippen molar-refractivity contribution < 1.29 is 4.74 Å². The van der Waals surface area contributed by atoms with Gasteiger partial charge in [0.05, 0.1) is 6.61 Å². The first-order valence-electron chi connectivity index (χ1n) is 4.64. The topological polar surface area (TPSA) is 25.4 Å². The van der Waals surface area contributed by atoms with Crippen molar-refractivity contribution in [1.82, 2.24) is 4.98 Å². The number of hydrogen-bond acceptors (Lipinski definition) is 3. The monoisotopic (exact) mass is 214 g/mol. The van der Waals surface area contributed by atoms with Crippen LogP contribution >= 0.6 is 11.6 Å². The molecule has 1 rings (SSSR count). The molecular formula is C10H15ClN2O. The van der Waals surface area contributed by atoms with Crippen LogP contribution in [0.5, 0.6) is 0 Å². The quantitative estimate of drug-likeness (QED) is 0.703. The fraction of sp³-hybridized carbons (Fsp3) is 0.500. The van der Waals surface area contributed by atoms with Gasteiger partial charge in [0.2, 0.25) is 0 Å². The first kappa shape index (κ1) is 11.3. The molecule has 0 atom stereocenters. The minimum atomic E-state index is 0.526. The Bertz CT molecular complexity index is 281. The molecule has 0 bridgehead atoms. The second kappa shape index (κ2) is 5.83. The summed E-state index contributed by atoms with van der Waals surface area (Å²) in [6.07, 6.45) is 0. The van der Waals surface area contributed by atoms with Gasteiger partial charge in [0, 0.05) is 20.2 Å². The van der Waals surface area contributed by atoms with Gasteiger partial charge in [-0.25, -0.2) is 4.98 Å². The number of nitrogens with zero attached hydrogens (tertiary/aromatic N) is 2.